The Kier molecular flexibility index (Phi) is 5.28. The van der Waals surface area contributed by atoms with Crippen LogP contribution in [0.4, 0.5) is 0 Å². The van der Waals surface area contributed by atoms with Gasteiger partial charge in [-0.3, -0.25) is 0 Å². The first-order valence-electron chi connectivity index (χ1n) is 5.25. The second-order valence-corrected chi connectivity index (χ2v) is 5.14. The third-order valence-corrected chi connectivity index (χ3v) is 3.86. The van der Waals surface area contributed by atoms with E-state index in [4.69, 9.17) is 5.11 Å². The van der Waals surface area contributed by atoms with E-state index in [1.165, 1.54) is 17.3 Å². The fraction of sp³-hybridized carbons (Fsp3) is 0.500. The van der Waals surface area contributed by atoms with Gasteiger partial charge in [-0.25, -0.2) is 0 Å². The maximum atomic E-state index is 9.57. The largest absolute Gasteiger partial charge is 0.394 e. The zero-order valence-corrected chi connectivity index (χ0v) is 10.3. The topological polar surface area (TPSA) is 60.7 Å². The SMILES string of the molecule is Cc1ccc(S[C@H](C(C)O)[C@@H](O)CO)cc1. The van der Waals surface area contributed by atoms with Crippen LogP contribution < -0.4 is 0 Å². The van der Waals surface area contributed by atoms with Gasteiger partial charge >= 0.3 is 0 Å². The van der Waals surface area contributed by atoms with Crippen LogP contribution in [0.5, 0.6) is 0 Å². The van der Waals surface area contributed by atoms with Crippen molar-refractivity contribution in [2.75, 3.05) is 6.61 Å². The van der Waals surface area contributed by atoms with Crippen LogP contribution >= 0.6 is 11.8 Å². The van der Waals surface area contributed by atoms with Crippen LogP contribution in [-0.4, -0.2) is 39.4 Å². The predicted octanol–water partition coefficient (Wildman–Crippen LogP) is 1.19. The van der Waals surface area contributed by atoms with E-state index in [2.05, 4.69) is 0 Å². The molecule has 0 aromatic heterocycles. The second kappa shape index (κ2) is 6.25. The molecule has 1 unspecified atom stereocenters. The molecule has 4 heteroatoms. The smallest absolute Gasteiger partial charge is 0.0917 e. The molecule has 3 atom stereocenters. The zero-order chi connectivity index (χ0) is 12.1. The standard InChI is InChI=1S/C12H18O3S/c1-8-3-5-10(6-4-8)16-12(9(2)14)11(15)7-13/h3-6,9,11-15H,7H2,1-2H3/t9?,11-,12+/m0/s1. The van der Waals surface area contributed by atoms with Gasteiger partial charge in [0.25, 0.3) is 0 Å². The van der Waals surface area contributed by atoms with Crippen LogP contribution in [0.15, 0.2) is 29.2 Å². The van der Waals surface area contributed by atoms with E-state index < -0.39 is 17.5 Å². The minimum absolute atomic E-state index is 0.339. The molecule has 0 aliphatic carbocycles. The van der Waals surface area contributed by atoms with Crippen LogP contribution in [0.2, 0.25) is 0 Å². The first kappa shape index (κ1) is 13.5. The lowest BCUT2D eigenvalue weighted by molar-refractivity contribution is 0.0546. The molecule has 0 aliphatic heterocycles. The van der Waals surface area contributed by atoms with E-state index in [1.54, 1.807) is 6.92 Å². The Balaban J connectivity index is 2.71. The lowest BCUT2D eigenvalue weighted by Crippen LogP contribution is -2.35. The van der Waals surface area contributed by atoms with E-state index in [0.29, 0.717) is 0 Å². The van der Waals surface area contributed by atoms with Crippen molar-refractivity contribution >= 4 is 11.8 Å². The summed E-state index contributed by atoms with van der Waals surface area (Å²) in [4.78, 5) is 0.976. The van der Waals surface area contributed by atoms with E-state index >= 15 is 0 Å². The number of thioether (sulfide) groups is 1. The quantitative estimate of drug-likeness (QED) is 0.679. The van der Waals surface area contributed by atoms with Gasteiger partial charge in [0.1, 0.15) is 0 Å². The highest BCUT2D eigenvalue weighted by molar-refractivity contribution is 8.00. The number of hydrogen-bond acceptors (Lipinski definition) is 4. The molecular formula is C12H18O3S. The summed E-state index contributed by atoms with van der Waals surface area (Å²) >= 11 is 1.38. The summed E-state index contributed by atoms with van der Waals surface area (Å²) in [5.41, 5.74) is 1.17. The summed E-state index contributed by atoms with van der Waals surface area (Å²) in [6.45, 7) is 3.28. The van der Waals surface area contributed by atoms with Crippen LogP contribution in [0, 0.1) is 6.92 Å². The number of hydrogen-bond donors (Lipinski definition) is 3. The minimum atomic E-state index is -0.911. The van der Waals surface area contributed by atoms with Gasteiger partial charge in [-0.05, 0) is 26.0 Å². The van der Waals surface area contributed by atoms with Gasteiger partial charge in [-0.1, -0.05) is 17.7 Å². The number of aryl methyl sites for hydroxylation is 1. The average Bonchev–Trinajstić information content (AvgIpc) is 2.27. The molecule has 90 valence electrons. The fourth-order valence-electron chi connectivity index (χ4n) is 1.38. The highest BCUT2D eigenvalue weighted by Crippen LogP contribution is 2.28. The van der Waals surface area contributed by atoms with Crippen molar-refractivity contribution in [3.63, 3.8) is 0 Å². The lowest BCUT2D eigenvalue weighted by Gasteiger charge is -2.23. The van der Waals surface area contributed by atoms with E-state index in [9.17, 15) is 10.2 Å². The van der Waals surface area contributed by atoms with Gasteiger partial charge in [0.2, 0.25) is 0 Å². The molecule has 16 heavy (non-hydrogen) atoms. The van der Waals surface area contributed by atoms with Crippen molar-refractivity contribution in [2.24, 2.45) is 0 Å². The van der Waals surface area contributed by atoms with Crippen LogP contribution in [0.25, 0.3) is 0 Å². The molecule has 1 aromatic rings. The van der Waals surface area contributed by atoms with Crippen molar-refractivity contribution < 1.29 is 15.3 Å². The van der Waals surface area contributed by atoms with Gasteiger partial charge in [-0.15, -0.1) is 11.8 Å². The molecule has 3 N–H and O–H groups in total. The van der Waals surface area contributed by atoms with Gasteiger partial charge < -0.3 is 15.3 Å². The second-order valence-electron chi connectivity index (χ2n) is 3.89. The number of aliphatic hydroxyl groups excluding tert-OH is 3. The number of aliphatic hydroxyl groups is 3. The fourth-order valence-corrected chi connectivity index (χ4v) is 2.42. The summed E-state index contributed by atoms with van der Waals surface area (Å²) in [5, 5.41) is 27.6. The lowest BCUT2D eigenvalue weighted by atomic mass is 10.2. The number of rotatable bonds is 5. The van der Waals surface area contributed by atoms with Gasteiger partial charge in [0, 0.05) is 4.90 Å². The first-order chi connectivity index (χ1) is 7.54. The molecule has 3 nitrogen and oxygen atoms in total. The van der Waals surface area contributed by atoms with E-state index in [0.717, 1.165) is 4.90 Å². The third-order valence-electron chi connectivity index (χ3n) is 2.33. The maximum Gasteiger partial charge on any atom is 0.0917 e. The molecule has 0 saturated carbocycles. The summed E-state index contributed by atoms with van der Waals surface area (Å²) in [7, 11) is 0. The molecule has 0 aliphatic rings. The van der Waals surface area contributed by atoms with E-state index in [-0.39, 0.29) is 6.61 Å². The molecule has 0 bridgehead atoms. The maximum absolute atomic E-state index is 9.57. The third kappa shape index (κ3) is 3.79. The van der Waals surface area contributed by atoms with Gasteiger partial charge in [-0.2, -0.15) is 0 Å². The first-order valence-corrected chi connectivity index (χ1v) is 6.13. The molecule has 0 saturated heterocycles. The minimum Gasteiger partial charge on any atom is -0.394 e. The highest BCUT2D eigenvalue weighted by atomic mass is 32.2. The number of benzene rings is 1. The van der Waals surface area contributed by atoms with Crippen molar-refractivity contribution in [2.45, 2.75) is 36.2 Å². The zero-order valence-electron chi connectivity index (χ0n) is 9.50. The average molecular weight is 242 g/mol. The molecule has 0 fully saturated rings. The Hall–Kier alpha value is -0.550. The van der Waals surface area contributed by atoms with E-state index in [1.807, 2.05) is 31.2 Å². The Morgan fingerprint density at radius 3 is 2.19 bits per heavy atom. The van der Waals surface area contributed by atoms with Crippen molar-refractivity contribution in [3.05, 3.63) is 29.8 Å². The summed E-state index contributed by atoms with van der Waals surface area (Å²) in [6, 6.07) is 7.85. The Bertz CT molecular complexity index is 311. The monoisotopic (exact) mass is 242 g/mol. The molecule has 0 amide bonds. The highest BCUT2D eigenvalue weighted by Gasteiger charge is 2.24. The molecular weight excluding hydrogens is 224 g/mol. The van der Waals surface area contributed by atoms with Crippen molar-refractivity contribution in [3.8, 4) is 0 Å². The molecule has 0 spiro atoms. The van der Waals surface area contributed by atoms with Gasteiger partial charge in [0.05, 0.1) is 24.1 Å². The Morgan fingerprint density at radius 1 is 1.19 bits per heavy atom. The van der Waals surface area contributed by atoms with Crippen LogP contribution in [-0.2, 0) is 0 Å². The molecule has 1 rings (SSSR count). The summed E-state index contributed by atoms with van der Waals surface area (Å²) in [6.07, 6.45) is -1.58. The van der Waals surface area contributed by atoms with Crippen LogP contribution in [0.1, 0.15) is 12.5 Å². The van der Waals surface area contributed by atoms with Crippen molar-refractivity contribution in [1.29, 1.82) is 0 Å². The normalized spacial score (nSPS) is 16.8. The van der Waals surface area contributed by atoms with Gasteiger partial charge in [0.15, 0.2) is 0 Å². The molecule has 1 aromatic carbocycles. The predicted molar refractivity (Wildman–Crippen MR) is 65.6 cm³/mol. The summed E-state index contributed by atoms with van der Waals surface area (Å²) in [5.74, 6) is 0. The molecule has 0 heterocycles. The summed E-state index contributed by atoms with van der Waals surface area (Å²) < 4.78 is 0. The Labute approximate surface area is 100 Å². The Morgan fingerprint density at radius 2 is 1.75 bits per heavy atom. The molecule has 0 radical (unpaired) electrons. The van der Waals surface area contributed by atoms with Crippen LogP contribution in [0.3, 0.4) is 0 Å². The van der Waals surface area contributed by atoms with Crippen molar-refractivity contribution in [1.82, 2.24) is 0 Å².